The van der Waals surface area contributed by atoms with E-state index in [0.29, 0.717) is 51.3 Å². The Bertz CT molecular complexity index is 764. The van der Waals surface area contributed by atoms with E-state index in [0.717, 1.165) is 0 Å². The maximum absolute atomic E-state index is 11.3. The van der Waals surface area contributed by atoms with Gasteiger partial charge in [0.15, 0.2) is 5.82 Å². The van der Waals surface area contributed by atoms with Gasteiger partial charge in [-0.2, -0.15) is 10.5 Å². The molecule has 1 aromatic rings. The number of amides is 3. The SMILES string of the molecule is CCC(=O)N(CC)CC#N.CCC(=O)N(CC)CC(=O)O.CCC(=O)N(CC)Cc1nn[nH]n1. The number of nitriles is 1. The van der Waals surface area contributed by atoms with Crippen LogP contribution in [0.1, 0.15) is 66.6 Å². The number of nitrogens with zero attached hydrogens (tertiary/aromatic N) is 7. The number of carbonyl (C=O) groups is 4. The van der Waals surface area contributed by atoms with E-state index < -0.39 is 5.97 Å². The average molecular weight is 483 g/mol. The zero-order valence-electron chi connectivity index (χ0n) is 21.1. The summed E-state index contributed by atoms with van der Waals surface area (Å²) in [6.07, 6.45) is 1.35. The lowest BCUT2D eigenvalue weighted by Gasteiger charge is -2.17. The molecule has 0 radical (unpaired) electrons. The summed E-state index contributed by atoms with van der Waals surface area (Å²) in [5.74, 6) is -0.386. The Morgan fingerprint density at radius 1 is 0.853 bits per heavy atom. The second-order valence-electron chi connectivity index (χ2n) is 6.66. The Morgan fingerprint density at radius 3 is 1.68 bits per heavy atom. The number of hydrogen-bond donors (Lipinski definition) is 2. The monoisotopic (exact) mass is 482 g/mol. The Kier molecular flexibility index (Phi) is 19.3. The van der Waals surface area contributed by atoms with Crippen molar-refractivity contribution >= 4 is 23.7 Å². The molecule has 13 heteroatoms. The molecule has 1 aromatic heterocycles. The van der Waals surface area contributed by atoms with Crippen LogP contribution in [0.15, 0.2) is 0 Å². The lowest BCUT2D eigenvalue weighted by Crippen LogP contribution is -2.34. The summed E-state index contributed by atoms with van der Waals surface area (Å²) >= 11 is 0. The molecule has 0 bridgehead atoms. The predicted octanol–water partition coefficient (Wildman–Crippen LogP) is 1.06. The number of aromatic nitrogens is 4. The van der Waals surface area contributed by atoms with Crippen molar-refractivity contribution in [3.8, 4) is 6.07 Å². The molecule has 0 aliphatic heterocycles. The van der Waals surface area contributed by atoms with Crippen molar-refractivity contribution in [1.29, 1.82) is 5.26 Å². The Labute approximate surface area is 201 Å². The molecule has 2 N–H and O–H groups in total. The van der Waals surface area contributed by atoms with E-state index in [-0.39, 0.29) is 30.8 Å². The minimum atomic E-state index is -0.964. The van der Waals surface area contributed by atoms with Gasteiger partial charge in [0.2, 0.25) is 17.7 Å². The topological polar surface area (TPSA) is 176 Å². The van der Waals surface area contributed by atoms with Crippen LogP contribution in [0.5, 0.6) is 0 Å². The summed E-state index contributed by atoms with van der Waals surface area (Å²) in [6, 6.07) is 1.94. The Balaban J connectivity index is 0. The predicted molar refractivity (Wildman–Crippen MR) is 124 cm³/mol. The second kappa shape index (κ2) is 20.1. The molecule has 0 saturated carbocycles. The number of carboxylic acids is 1. The molecular weight excluding hydrogens is 444 g/mol. The van der Waals surface area contributed by atoms with Crippen molar-refractivity contribution in [1.82, 2.24) is 35.3 Å². The third-order valence-corrected chi connectivity index (χ3v) is 4.42. The number of H-pyrrole nitrogens is 1. The first-order chi connectivity index (χ1) is 16.1. The molecule has 192 valence electrons. The van der Waals surface area contributed by atoms with Gasteiger partial charge in [0.05, 0.1) is 12.6 Å². The highest BCUT2D eigenvalue weighted by Crippen LogP contribution is 1.99. The van der Waals surface area contributed by atoms with Crippen LogP contribution in [0.25, 0.3) is 0 Å². The van der Waals surface area contributed by atoms with Crippen molar-refractivity contribution in [2.45, 2.75) is 67.3 Å². The van der Waals surface area contributed by atoms with Crippen LogP contribution in [0, 0.1) is 11.3 Å². The summed E-state index contributed by atoms with van der Waals surface area (Å²) in [5, 5.41) is 30.0. The molecule has 0 spiro atoms. The van der Waals surface area contributed by atoms with Crippen molar-refractivity contribution in [3.05, 3.63) is 5.82 Å². The van der Waals surface area contributed by atoms with Gasteiger partial charge in [0.1, 0.15) is 13.1 Å². The molecule has 0 aromatic carbocycles. The summed E-state index contributed by atoms with van der Waals surface area (Å²) < 4.78 is 0. The van der Waals surface area contributed by atoms with E-state index in [1.54, 1.807) is 25.7 Å². The van der Waals surface area contributed by atoms with Crippen LogP contribution in [-0.2, 0) is 25.7 Å². The highest BCUT2D eigenvalue weighted by molar-refractivity contribution is 5.81. The van der Waals surface area contributed by atoms with Gasteiger partial charge in [0.25, 0.3) is 0 Å². The number of aliphatic carboxylic acids is 1. The van der Waals surface area contributed by atoms with Crippen LogP contribution in [-0.4, -0.2) is 96.8 Å². The third-order valence-electron chi connectivity index (χ3n) is 4.42. The summed E-state index contributed by atoms with van der Waals surface area (Å²) in [5.41, 5.74) is 0. The fourth-order valence-corrected chi connectivity index (χ4v) is 2.47. The first kappa shape index (κ1) is 32.6. The Morgan fingerprint density at radius 2 is 1.32 bits per heavy atom. The van der Waals surface area contributed by atoms with Crippen LogP contribution in [0.4, 0.5) is 0 Å². The van der Waals surface area contributed by atoms with Crippen LogP contribution in [0.3, 0.4) is 0 Å². The number of hydrogen-bond acceptors (Lipinski definition) is 8. The van der Waals surface area contributed by atoms with Crippen molar-refractivity contribution in [2.75, 3.05) is 32.7 Å². The van der Waals surface area contributed by atoms with Gasteiger partial charge in [-0.25, -0.2) is 0 Å². The van der Waals surface area contributed by atoms with Gasteiger partial charge < -0.3 is 19.8 Å². The van der Waals surface area contributed by atoms with Crippen molar-refractivity contribution in [2.24, 2.45) is 0 Å². The number of nitrogens with one attached hydrogen (secondary N) is 1. The van der Waals surface area contributed by atoms with Crippen LogP contribution >= 0.6 is 0 Å². The molecule has 0 aliphatic rings. The van der Waals surface area contributed by atoms with Gasteiger partial charge in [-0.15, -0.1) is 10.2 Å². The van der Waals surface area contributed by atoms with Gasteiger partial charge >= 0.3 is 5.97 Å². The first-order valence-electron chi connectivity index (χ1n) is 11.3. The standard InChI is InChI=1S/C7H13N5O.C7H12N2O.C7H13NO3/c1-3-7(13)12(4-2)5-6-8-10-11-9-6;1-3-7(10)9(4-2)6-5-8;1-3-6(9)8(4-2)5-7(10)11/h3-5H2,1-2H3,(H,8,9,10,11);3-4,6H2,1-2H3;3-5H2,1-2H3,(H,10,11). The third kappa shape index (κ3) is 14.5. The minimum absolute atomic E-state index is 0.0454. The quantitative estimate of drug-likeness (QED) is 0.436. The van der Waals surface area contributed by atoms with Crippen LogP contribution < -0.4 is 0 Å². The lowest BCUT2D eigenvalue weighted by molar-refractivity contribution is -0.144. The molecular formula is C21H38N8O5. The molecule has 34 heavy (non-hydrogen) atoms. The van der Waals surface area contributed by atoms with E-state index in [1.165, 1.54) is 9.80 Å². The molecule has 1 rings (SSSR count). The fraction of sp³-hybridized carbons (Fsp3) is 0.714. The van der Waals surface area contributed by atoms with E-state index in [2.05, 4.69) is 20.6 Å². The smallest absolute Gasteiger partial charge is 0.323 e. The van der Waals surface area contributed by atoms with E-state index in [9.17, 15) is 19.2 Å². The zero-order chi connectivity index (χ0) is 26.5. The number of carbonyl (C=O) groups excluding carboxylic acids is 3. The van der Waals surface area contributed by atoms with E-state index in [1.807, 2.05) is 26.8 Å². The normalized spacial score (nSPS) is 9.32. The summed E-state index contributed by atoms with van der Waals surface area (Å²) in [4.78, 5) is 47.9. The first-order valence-corrected chi connectivity index (χ1v) is 11.3. The maximum Gasteiger partial charge on any atom is 0.323 e. The van der Waals surface area contributed by atoms with Gasteiger partial charge in [-0.1, -0.05) is 26.0 Å². The zero-order valence-corrected chi connectivity index (χ0v) is 21.1. The molecule has 0 aliphatic carbocycles. The summed E-state index contributed by atoms with van der Waals surface area (Å²) in [6.45, 7) is 13.1. The number of aromatic amines is 1. The molecule has 0 saturated heterocycles. The van der Waals surface area contributed by atoms with Crippen molar-refractivity contribution < 1.29 is 24.3 Å². The lowest BCUT2D eigenvalue weighted by atomic mass is 10.3. The largest absolute Gasteiger partial charge is 0.480 e. The van der Waals surface area contributed by atoms with E-state index >= 15 is 0 Å². The molecule has 1 heterocycles. The second-order valence-corrected chi connectivity index (χ2v) is 6.66. The molecule has 0 unspecified atom stereocenters. The minimum Gasteiger partial charge on any atom is -0.480 e. The summed E-state index contributed by atoms with van der Waals surface area (Å²) in [7, 11) is 0. The molecule has 3 amide bonds. The highest BCUT2D eigenvalue weighted by Gasteiger charge is 2.12. The Hall–Kier alpha value is -3.56. The number of likely N-dealkylation sites (N-methyl/N-ethyl adjacent to an activating group) is 1. The fourth-order valence-electron chi connectivity index (χ4n) is 2.47. The van der Waals surface area contributed by atoms with Gasteiger partial charge in [-0.3, -0.25) is 19.2 Å². The van der Waals surface area contributed by atoms with Gasteiger partial charge in [0, 0.05) is 38.9 Å². The number of rotatable bonds is 11. The van der Waals surface area contributed by atoms with Crippen molar-refractivity contribution in [3.63, 3.8) is 0 Å². The number of carboxylic acid groups (broad SMARTS) is 1. The average Bonchev–Trinajstić information content (AvgIpc) is 3.36. The van der Waals surface area contributed by atoms with E-state index in [4.69, 9.17) is 10.4 Å². The highest BCUT2D eigenvalue weighted by atomic mass is 16.4. The maximum atomic E-state index is 11.3. The van der Waals surface area contributed by atoms with Crippen LogP contribution in [0.2, 0.25) is 0 Å². The molecule has 13 nitrogen and oxygen atoms in total. The molecule has 0 fully saturated rings. The van der Waals surface area contributed by atoms with Gasteiger partial charge in [-0.05, 0) is 20.8 Å². The molecule has 0 atom stereocenters. The number of tetrazole rings is 1.